The second-order valence-corrected chi connectivity index (χ2v) is 2.41. The second kappa shape index (κ2) is 3.96. The number of nitrogens with two attached hydrogens (primary N) is 1. The highest BCUT2D eigenvalue weighted by molar-refractivity contribution is 5.92. The molecule has 0 atom stereocenters. The summed E-state index contributed by atoms with van der Waals surface area (Å²) in [5.41, 5.74) is 4.79. The summed E-state index contributed by atoms with van der Waals surface area (Å²) in [5.74, 6) is 2.02. The lowest BCUT2D eigenvalue weighted by Crippen LogP contribution is -2.10. The molecule has 0 saturated heterocycles. The highest BCUT2D eigenvalue weighted by Crippen LogP contribution is 2.25. The number of nitrogens with zero attached hydrogens (tertiary/aromatic N) is 2. The van der Waals surface area contributed by atoms with E-state index < -0.39 is 17.9 Å². The summed E-state index contributed by atoms with van der Waals surface area (Å²) in [5, 5.41) is 0. The minimum atomic E-state index is -4.59. The van der Waals surface area contributed by atoms with E-state index in [9.17, 15) is 18.0 Å². The van der Waals surface area contributed by atoms with E-state index in [4.69, 9.17) is 5.73 Å². The average Bonchev–Trinajstić information content (AvgIpc) is 2.14. The number of carbonyl (C=O) groups excluding carboxylic acids is 1. The number of carbonyl (C=O) groups is 1. The minimum Gasteiger partial charge on any atom is -0.359 e. The van der Waals surface area contributed by atoms with Crippen molar-refractivity contribution in [1.29, 1.82) is 0 Å². The molecule has 0 aliphatic carbocycles. The van der Waals surface area contributed by atoms with Crippen LogP contribution in [-0.4, -0.2) is 15.9 Å². The Labute approximate surface area is 82.3 Å². The summed E-state index contributed by atoms with van der Waals surface area (Å²) >= 11 is 0. The van der Waals surface area contributed by atoms with Gasteiger partial charge in [0.05, 0.1) is 5.56 Å². The molecule has 1 rings (SSSR count). The molecule has 0 radical (unpaired) electrons. The zero-order valence-electron chi connectivity index (χ0n) is 7.17. The van der Waals surface area contributed by atoms with E-state index in [0.29, 0.717) is 0 Å². The molecular formula is C8H4F3N3O. The van der Waals surface area contributed by atoms with Gasteiger partial charge in [-0.15, -0.1) is 0 Å². The van der Waals surface area contributed by atoms with E-state index in [0.717, 1.165) is 12.4 Å². The molecule has 0 unspecified atom stereocenters. The van der Waals surface area contributed by atoms with Gasteiger partial charge in [-0.25, -0.2) is 9.97 Å². The average molecular weight is 215 g/mol. The van der Waals surface area contributed by atoms with Crippen LogP contribution in [0.4, 0.5) is 13.2 Å². The smallest absolute Gasteiger partial charge is 0.359 e. The molecule has 4 nitrogen and oxygen atoms in total. The van der Waals surface area contributed by atoms with Gasteiger partial charge in [-0.3, -0.25) is 4.79 Å². The number of rotatable bonds is 0. The van der Waals surface area contributed by atoms with E-state index >= 15 is 0 Å². The first-order valence-corrected chi connectivity index (χ1v) is 3.60. The van der Waals surface area contributed by atoms with Crippen molar-refractivity contribution in [2.45, 2.75) is 6.18 Å². The third kappa shape index (κ3) is 3.27. The molecular weight excluding hydrogens is 211 g/mol. The zero-order valence-corrected chi connectivity index (χ0v) is 7.17. The lowest BCUT2D eigenvalue weighted by atomic mass is 10.3. The lowest BCUT2D eigenvalue weighted by Gasteiger charge is -2.02. The lowest BCUT2D eigenvalue weighted by molar-refractivity contribution is -0.145. The van der Waals surface area contributed by atoms with E-state index in [1.54, 1.807) is 0 Å². The Kier molecular flexibility index (Phi) is 2.90. The van der Waals surface area contributed by atoms with Crippen LogP contribution in [0.1, 0.15) is 11.4 Å². The molecule has 15 heavy (non-hydrogen) atoms. The number of primary amides is 1. The number of alkyl halides is 3. The molecule has 0 fully saturated rings. The van der Waals surface area contributed by atoms with Crippen LogP contribution >= 0.6 is 0 Å². The molecule has 1 amide bonds. The summed E-state index contributed by atoms with van der Waals surface area (Å²) in [6.07, 6.45) is -2.85. The quantitative estimate of drug-likeness (QED) is 0.634. The van der Waals surface area contributed by atoms with Crippen LogP contribution in [0.25, 0.3) is 0 Å². The molecule has 0 aromatic carbocycles. The third-order valence-electron chi connectivity index (χ3n) is 1.24. The molecule has 78 valence electrons. The Morgan fingerprint density at radius 1 is 1.33 bits per heavy atom. The summed E-state index contributed by atoms with van der Waals surface area (Å²) < 4.78 is 36.0. The number of amides is 1. The van der Waals surface area contributed by atoms with E-state index in [-0.39, 0.29) is 5.56 Å². The maximum absolute atomic E-state index is 12.0. The second-order valence-electron chi connectivity index (χ2n) is 2.41. The highest BCUT2D eigenvalue weighted by atomic mass is 19.4. The Morgan fingerprint density at radius 3 is 2.27 bits per heavy atom. The van der Waals surface area contributed by atoms with Gasteiger partial charge in [0.25, 0.3) is 5.91 Å². The van der Waals surface area contributed by atoms with E-state index in [2.05, 4.69) is 15.9 Å². The van der Waals surface area contributed by atoms with Gasteiger partial charge in [0.2, 0.25) is 5.82 Å². The Bertz CT molecular complexity index is 427. The molecule has 0 bridgehead atoms. The monoisotopic (exact) mass is 215 g/mol. The van der Waals surface area contributed by atoms with E-state index in [1.165, 1.54) is 0 Å². The van der Waals surface area contributed by atoms with Crippen LogP contribution in [0, 0.1) is 11.8 Å². The van der Waals surface area contributed by atoms with Crippen molar-refractivity contribution in [2.24, 2.45) is 5.73 Å². The number of aromatic nitrogens is 2. The molecule has 7 heteroatoms. The maximum Gasteiger partial charge on any atom is 0.451 e. The van der Waals surface area contributed by atoms with Crippen molar-refractivity contribution in [2.75, 3.05) is 0 Å². The summed E-state index contributed by atoms with van der Waals surface area (Å²) in [7, 11) is 0. The van der Waals surface area contributed by atoms with Gasteiger partial charge in [-0.1, -0.05) is 5.92 Å². The highest BCUT2D eigenvalue weighted by Gasteiger charge is 2.34. The van der Waals surface area contributed by atoms with Crippen LogP contribution in [0.15, 0.2) is 12.4 Å². The van der Waals surface area contributed by atoms with Crippen LogP contribution in [-0.2, 0) is 11.0 Å². The Balaban J connectivity index is 2.93. The van der Waals surface area contributed by atoms with Crippen LogP contribution in [0.5, 0.6) is 0 Å². The van der Waals surface area contributed by atoms with Gasteiger partial charge in [0.15, 0.2) is 0 Å². The summed E-state index contributed by atoms with van der Waals surface area (Å²) in [6, 6.07) is 0. The fourth-order valence-electron chi connectivity index (χ4n) is 0.673. The molecule has 2 N–H and O–H groups in total. The van der Waals surface area contributed by atoms with Crippen LogP contribution in [0.3, 0.4) is 0 Å². The molecule has 0 aliphatic heterocycles. The fraction of sp³-hybridized carbons (Fsp3) is 0.125. The Morgan fingerprint density at radius 2 is 1.87 bits per heavy atom. The van der Waals surface area contributed by atoms with Crippen LogP contribution < -0.4 is 5.73 Å². The van der Waals surface area contributed by atoms with Crippen LogP contribution in [0.2, 0.25) is 0 Å². The third-order valence-corrected chi connectivity index (χ3v) is 1.24. The van der Waals surface area contributed by atoms with Gasteiger partial charge in [0, 0.05) is 18.3 Å². The molecule has 0 spiro atoms. The number of hydrogen-bond acceptors (Lipinski definition) is 3. The van der Waals surface area contributed by atoms with Gasteiger partial charge in [-0.05, 0) is 0 Å². The van der Waals surface area contributed by atoms with Gasteiger partial charge in [-0.2, -0.15) is 13.2 Å². The van der Waals surface area contributed by atoms with Crippen molar-refractivity contribution in [1.82, 2.24) is 9.97 Å². The van der Waals surface area contributed by atoms with Gasteiger partial charge >= 0.3 is 6.18 Å². The van der Waals surface area contributed by atoms with Gasteiger partial charge < -0.3 is 5.73 Å². The minimum absolute atomic E-state index is 0.0850. The van der Waals surface area contributed by atoms with Crippen molar-refractivity contribution in [3.05, 3.63) is 23.8 Å². The molecule has 0 aliphatic rings. The van der Waals surface area contributed by atoms with Crippen molar-refractivity contribution >= 4 is 5.91 Å². The van der Waals surface area contributed by atoms with Crippen molar-refractivity contribution in [3.63, 3.8) is 0 Å². The van der Waals surface area contributed by atoms with Gasteiger partial charge in [0.1, 0.15) is 0 Å². The van der Waals surface area contributed by atoms with Crippen molar-refractivity contribution in [3.8, 4) is 11.8 Å². The zero-order chi connectivity index (χ0) is 11.5. The number of halogens is 3. The van der Waals surface area contributed by atoms with Crippen molar-refractivity contribution < 1.29 is 18.0 Å². The van der Waals surface area contributed by atoms with E-state index in [1.807, 2.05) is 5.92 Å². The standard InChI is InChI=1S/C8H4F3N3O/c9-8(10,11)7-13-3-5(4-14-7)1-2-6(12)15/h3-4H,(H2,12,15). The largest absolute Gasteiger partial charge is 0.451 e. The fourth-order valence-corrected chi connectivity index (χ4v) is 0.673. The molecule has 0 saturated carbocycles. The summed E-state index contributed by atoms with van der Waals surface area (Å²) in [4.78, 5) is 16.3. The first-order valence-electron chi connectivity index (χ1n) is 3.60. The predicted octanol–water partition coefficient (Wildman–Crippen LogP) is 0.332. The molecule has 1 heterocycles. The molecule has 1 aromatic rings. The SMILES string of the molecule is NC(=O)C#Cc1cnc(C(F)(F)F)nc1. The maximum atomic E-state index is 12.0. The Hall–Kier alpha value is -2.10. The normalized spacial score (nSPS) is 10.3. The predicted molar refractivity (Wildman–Crippen MR) is 43.1 cm³/mol. The summed E-state index contributed by atoms with van der Waals surface area (Å²) in [6.45, 7) is 0. The first kappa shape index (κ1) is 11.0. The molecule has 1 aromatic heterocycles. The number of hydrogen-bond donors (Lipinski definition) is 1. The topological polar surface area (TPSA) is 68.9 Å². The first-order chi connectivity index (χ1) is 6.89.